The van der Waals surface area contributed by atoms with Crippen molar-refractivity contribution in [3.05, 3.63) is 89.3 Å². The zero-order valence-electron chi connectivity index (χ0n) is 30.4. The third-order valence-electron chi connectivity index (χ3n) is 10.7. The van der Waals surface area contributed by atoms with Crippen LogP contribution in [0.3, 0.4) is 0 Å². The van der Waals surface area contributed by atoms with E-state index in [2.05, 4.69) is 109 Å². The van der Waals surface area contributed by atoms with Crippen molar-refractivity contribution in [1.29, 1.82) is 0 Å². The molecular weight excluding hydrogens is 622 g/mol. The molecule has 9 nitrogen and oxygen atoms in total. The van der Waals surface area contributed by atoms with Crippen LogP contribution in [0, 0.1) is 18.8 Å². The van der Waals surface area contributed by atoms with Crippen molar-refractivity contribution in [2.75, 3.05) is 27.0 Å². The summed E-state index contributed by atoms with van der Waals surface area (Å²) in [4.78, 5) is 22.7. The van der Waals surface area contributed by atoms with Gasteiger partial charge in [0.2, 0.25) is 0 Å². The number of aromatic amines is 2. The molecule has 1 aliphatic carbocycles. The van der Waals surface area contributed by atoms with E-state index in [1.165, 1.54) is 33.3 Å². The molecule has 1 aliphatic rings. The molecule has 3 unspecified atom stereocenters. The fourth-order valence-corrected chi connectivity index (χ4v) is 7.27. The van der Waals surface area contributed by atoms with Gasteiger partial charge in [-0.1, -0.05) is 63.3 Å². The van der Waals surface area contributed by atoms with Crippen molar-refractivity contribution in [1.82, 2.24) is 25.4 Å². The molecule has 5 aromatic rings. The lowest BCUT2D eigenvalue weighted by molar-refractivity contribution is -0.101. The van der Waals surface area contributed by atoms with E-state index in [9.17, 15) is 0 Å². The van der Waals surface area contributed by atoms with E-state index in [1.54, 1.807) is 7.11 Å². The van der Waals surface area contributed by atoms with Gasteiger partial charge in [-0.3, -0.25) is 4.84 Å². The first-order chi connectivity index (χ1) is 24.3. The number of rotatable bonds is 18. The fourth-order valence-electron chi connectivity index (χ4n) is 7.27. The number of H-pyrrole nitrogens is 2. The van der Waals surface area contributed by atoms with Gasteiger partial charge in [-0.15, -0.1) is 0 Å². The summed E-state index contributed by atoms with van der Waals surface area (Å²) in [5.74, 6) is 3.20. The van der Waals surface area contributed by atoms with Crippen molar-refractivity contribution in [2.45, 2.75) is 83.6 Å². The molecule has 6 rings (SSSR count). The van der Waals surface area contributed by atoms with Gasteiger partial charge in [0.1, 0.15) is 11.6 Å². The average Bonchev–Trinajstić information content (AvgIpc) is 3.43. The smallest absolute Gasteiger partial charge is 0.166 e. The molecule has 3 aromatic carbocycles. The van der Waals surface area contributed by atoms with Gasteiger partial charge in [0.25, 0.3) is 0 Å². The molecule has 1 saturated carbocycles. The van der Waals surface area contributed by atoms with Crippen LogP contribution in [0.4, 0.5) is 0 Å². The van der Waals surface area contributed by atoms with Gasteiger partial charge in [0.05, 0.1) is 11.0 Å². The lowest BCUT2D eigenvalue weighted by Crippen LogP contribution is -2.36. The number of hydrogen-bond acceptors (Lipinski definition) is 7. The van der Waals surface area contributed by atoms with E-state index in [-0.39, 0.29) is 24.2 Å². The van der Waals surface area contributed by atoms with Crippen LogP contribution in [0.1, 0.15) is 87.3 Å². The summed E-state index contributed by atoms with van der Waals surface area (Å²) in [6, 6.07) is 18.0. The molecule has 0 spiro atoms. The molecule has 0 saturated heterocycles. The minimum absolute atomic E-state index is 0.0144. The molecule has 2 heterocycles. The van der Waals surface area contributed by atoms with Gasteiger partial charge in [-0.2, -0.15) is 5.48 Å². The van der Waals surface area contributed by atoms with Crippen LogP contribution in [-0.4, -0.2) is 53.0 Å². The Bertz CT molecular complexity index is 1910. The lowest BCUT2D eigenvalue weighted by atomic mass is 9.89. The summed E-state index contributed by atoms with van der Waals surface area (Å²) in [5.41, 5.74) is 23.1. The van der Waals surface area contributed by atoms with E-state index in [0.717, 1.165) is 66.6 Å². The number of aromatic nitrogens is 4. The maximum absolute atomic E-state index is 5.96. The zero-order chi connectivity index (χ0) is 35.3. The summed E-state index contributed by atoms with van der Waals surface area (Å²) < 4.78 is 5.08. The van der Waals surface area contributed by atoms with Crippen molar-refractivity contribution < 1.29 is 9.57 Å². The lowest BCUT2D eigenvalue weighted by Gasteiger charge is -2.26. The largest absolute Gasteiger partial charge is 0.357 e. The molecule has 0 amide bonds. The number of ether oxygens (including phenoxy) is 1. The molecular formula is C41H55N7O2. The molecule has 0 radical (unpaired) electrons. The normalized spacial score (nSPS) is 18.9. The Hall–Kier alpha value is -3.86. The van der Waals surface area contributed by atoms with Crippen LogP contribution in [0.15, 0.2) is 60.8 Å². The van der Waals surface area contributed by atoms with Crippen LogP contribution < -0.4 is 16.9 Å². The Morgan fingerprint density at radius 1 is 1.04 bits per heavy atom. The van der Waals surface area contributed by atoms with Crippen LogP contribution in [-0.2, 0) is 21.4 Å². The SMILES string of the molecule is COCONC(CC(CCCN)c1nc2c(ccc3cc(-c4ccc(C)c(/C=C\[C@@]5(c6cnc(CCCN)[nH]6)CC5C)c4)ccc32)[nH]1)C(C)C. The van der Waals surface area contributed by atoms with Gasteiger partial charge in [-0.25, -0.2) is 9.97 Å². The van der Waals surface area contributed by atoms with Crippen LogP contribution in [0.25, 0.3) is 39.0 Å². The summed E-state index contributed by atoms with van der Waals surface area (Å²) in [7, 11) is 1.63. The minimum atomic E-state index is 0.0144. The van der Waals surface area contributed by atoms with Crippen molar-refractivity contribution in [3.63, 3.8) is 0 Å². The standard InChI is InChI=1S/C41H55N7O2/c1-26(2)36(48-50-25-49-5)22-33(8-6-18-42)40-45-35-15-13-32-21-31(12-14-34(32)39(35)47-40)30-11-10-27(3)29(20-30)16-17-41(23-28(41)4)37-24-44-38(46-37)9-7-19-43/h10-17,20-21,24,26,28,33,36,48H,6-9,18-19,22-23,25,42-43H2,1-5H3,(H,44,46)(H,45,47)/b17-16-/t28?,33?,36?,41-/m1/s1. The maximum atomic E-state index is 5.96. The average molecular weight is 678 g/mol. The highest BCUT2D eigenvalue weighted by atomic mass is 16.7. The van der Waals surface area contributed by atoms with Crippen LogP contribution >= 0.6 is 0 Å². The first-order valence-corrected chi connectivity index (χ1v) is 18.3. The molecule has 9 heteroatoms. The summed E-state index contributed by atoms with van der Waals surface area (Å²) in [6.45, 7) is 10.5. The number of nitrogens with one attached hydrogen (secondary N) is 3. The number of aryl methyl sites for hydroxylation is 2. The molecule has 0 bridgehead atoms. The molecule has 0 aliphatic heterocycles. The predicted octanol–water partition coefficient (Wildman–Crippen LogP) is 7.66. The minimum Gasteiger partial charge on any atom is -0.357 e. The van der Waals surface area contributed by atoms with Crippen LogP contribution in [0.5, 0.6) is 0 Å². The highest BCUT2D eigenvalue weighted by Crippen LogP contribution is 2.55. The number of nitrogens with zero attached hydrogens (tertiary/aromatic N) is 2. The zero-order valence-corrected chi connectivity index (χ0v) is 30.4. The molecule has 50 heavy (non-hydrogen) atoms. The van der Waals surface area contributed by atoms with Crippen molar-refractivity contribution >= 4 is 27.9 Å². The summed E-state index contributed by atoms with van der Waals surface area (Å²) in [6.07, 6.45) is 12.5. The molecule has 2 aromatic heterocycles. The molecule has 1 fully saturated rings. The highest BCUT2D eigenvalue weighted by Gasteiger charge is 2.51. The number of hydrogen-bond donors (Lipinski definition) is 5. The number of hydroxylamine groups is 1. The molecule has 4 atom stereocenters. The number of imidazole rings is 2. The van der Waals surface area contributed by atoms with Gasteiger partial charge in [-0.05, 0) is 110 Å². The topological polar surface area (TPSA) is 140 Å². The Kier molecular flexibility index (Phi) is 11.5. The van der Waals surface area contributed by atoms with E-state index < -0.39 is 0 Å². The van der Waals surface area contributed by atoms with E-state index in [0.29, 0.717) is 24.9 Å². The number of nitrogens with two attached hydrogens (primary N) is 2. The Balaban J connectivity index is 1.25. The Morgan fingerprint density at radius 2 is 1.82 bits per heavy atom. The first kappa shape index (κ1) is 35.9. The first-order valence-electron chi connectivity index (χ1n) is 18.3. The van der Waals surface area contributed by atoms with Crippen LogP contribution in [0.2, 0.25) is 0 Å². The second kappa shape index (κ2) is 16.0. The Labute approximate surface area is 296 Å². The number of methoxy groups -OCH3 is 1. The van der Waals surface area contributed by atoms with E-state index in [1.807, 2.05) is 6.20 Å². The van der Waals surface area contributed by atoms with Gasteiger partial charge in [0, 0.05) is 48.2 Å². The monoisotopic (exact) mass is 677 g/mol. The highest BCUT2D eigenvalue weighted by molar-refractivity contribution is 6.05. The second-order valence-electron chi connectivity index (χ2n) is 14.6. The number of benzene rings is 3. The van der Waals surface area contributed by atoms with Gasteiger partial charge < -0.3 is 26.2 Å². The van der Waals surface area contributed by atoms with E-state index in [4.69, 9.17) is 26.0 Å². The number of allylic oxidation sites excluding steroid dienone is 1. The summed E-state index contributed by atoms with van der Waals surface area (Å²) >= 11 is 0. The van der Waals surface area contributed by atoms with Crippen molar-refractivity contribution in [2.24, 2.45) is 23.3 Å². The number of fused-ring (bicyclic) bond motifs is 3. The Morgan fingerprint density at radius 3 is 2.56 bits per heavy atom. The molecule has 266 valence electrons. The third kappa shape index (κ3) is 7.87. The summed E-state index contributed by atoms with van der Waals surface area (Å²) in [5, 5.41) is 2.32. The predicted molar refractivity (Wildman–Crippen MR) is 205 cm³/mol. The fraction of sp³-hybridized carbons (Fsp3) is 0.463. The van der Waals surface area contributed by atoms with Gasteiger partial charge >= 0.3 is 0 Å². The third-order valence-corrected chi connectivity index (χ3v) is 10.7. The quantitative estimate of drug-likeness (QED) is 0.0364. The maximum Gasteiger partial charge on any atom is 0.166 e. The second-order valence-corrected chi connectivity index (χ2v) is 14.6. The molecule has 7 N–H and O–H groups in total. The van der Waals surface area contributed by atoms with Crippen molar-refractivity contribution in [3.8, 4) is 11.1 Å². The van der Waals surface area contributed by atoms with E-state index >= 15 is 0 Å². The van der Waals surface area contributed by atoms with Gasteiger partial charge in [0.15, 0.2) is 6.79 Å².